The van der Waals surface area contributed by atoms with Gasteiger partial charge in [0.1, 0.15) is 0 Å². The molecule has 1 atom stereocenters. The Morgan fingerprint density at radius 3 is 2.95 bits per heavy atom. The predicted octanol–water partition coefficient (Wildman–Crippen LogP) is 2.46. The largest absolute Gasteiger partial charge is 0.478 e. The summed E-state index contributed by atoms with van der Waals surface area (Å²) in [6.45, 7) is 7.62. The molecule has 0 saturated carbocycles. The molecule has 0 radical (unpaired) electrons. The van der Waals surface area contributed by atoms with Crippen molar-refractivity contribution in [2.24, 2.45) is 5.92 Å². The highest BCUT2D eigenvalue weighted by Crippen LogP contribution is 2.23. The molecule has 2 heterocycles. The maximum Gasteiger partial charge on any atom is 0.335 e. The number of rotatable bonds is 4. The fourth-order valence-electron chi connectivity index (χ4n) is 3.09. The zero-order valence-electron chi connectivity index (χ0n) is 12.5. The van der Waals surface area contributed by atoms with Gasteiger partial charge in [0.05, 0.1) is 22.9 Å². The van der Waals surface area contributed by atoms with E-state index in [1.54, 1.807) is 18.2 Å². The number of hydrogen-bond acceptors (Lipinski definition) is 3. The molecule has 0 spiro atoms. The van der Waals surface area contributed by atoms with Crippen LogP contribution in [0.3, 0.4) is 0 Å². The maximum atomic E-state index is 11.1. The Labute approximate surface area is 124 Å². The van der Waals surface area contributed by atoms with Gasteiger partial charge < -0.3 is 14.6 Å². The van der Waals surface area contributed by atoms with E-state index in [-0.39, 0.29) is 0 Å². The Kier molecular flexibility index (Phi) is 3.68. The van der Waals surface area contributed by atoms with E-state index in [2.05, 4.69) is 28.3 Å². The highest BCUT2D eigenvalue weighted by molar-refractivity contribution is 5.92. The van der Waals surface area contributed by atoms with Gasteiger partial charge in [-0.25, -0.2) is 9.78 Å². The molecule has 1 aromatic heterocycles. The van der Waals surface area contributed by atoms with Crippen LogP contribution in [0.25, 0.3) is 11.0 Å². The summed E-state index contributed by atoms with van der Waals surface area (Å²) < 4.78 is 2.09. The lowest BCUT2D eigenvalue weighted by molar-refractivity contribution is 0.0697. The topological polar surface area (TPSA) is 58.4 Å². The van der Waals surface area contributed by atoms with Crippen LogP contribution in [0.2, 0.25) is 0 Å². The molecular weight excluding hydrogens is 266 g/mol. The average molecular weight is 287 g/mol. The number of carbonyl (C=O) groups is 1. The summed E-state index contributed by atoms with van der Waals surface area (Å²) in [6, 6.07) is 5.70. The molecular formula is C16H21N3O2. The van der Waals surface area contributed by atoms with Gasteiger partial charge in [-0.05, 0) is 50.9 Å². The standard InChI is InChI=1S/C16H21N3O2/c1-11(2)18-6-5-12(8-18)9-19-10-17-14-4-3-13(16(20)21)7-15(14)19/h3-4,7,10-12H,5-6,8-9H2,1-2H3,(H,20,21). The summed E-state index contributed by atoms with van der Waals surface area (Å²) in [5.41, 5.74) is 2.09. The van der Waals surface area contributed by atoms with E-state index in [4.69, 9.17) is 5.11 Å². The van der Waals surface area contributed by atoms with Gasteiger partial charge in [0.15, 0.2) is 0 Å². The normalized spacial score (nSPS) is 19.7. The van der Waals surface area contributed by atoms with Crippen LogP contribution < -0.4 is 0 Å². The van der Waals surface area contributed by atoms with E-state index in [1.807, 2.05) is 6.33 Å². The van der Waals surface area contributed by atoms with Crippen molar-refractivity contribution in [1.29, 1.82) is 0 Å². The average Bonchev–Trinajstić information content (AvgIpc) is 3.06. The molecule has 3 rings (SSSR count). The Morgan fingerprint density at radius 1 is 1.48 bits per heavy atom. The lowest BCUT2D eigenvalue weighted by atomic mass is 10.1. The molecule has 21 heavy (non-hydrogen) atoms. The number of aromatic nitrogens is 2. The van der Waals surface area contributed by atoms with Crippen LogP contribution in [0.5, 0.6) is 0 Å². The molecule has 1 aliphatic heterocycles. The highest BCUT2D eigenvalue weighted by atomic mass is 16.4. The Hall–Kier alpha value is -1.88. The van der Waals surface area contributed by atoms with Crippen molar-refractivity contribution in [2.75, 3.05) is 13.1 Å². The van der Waals surface area contributed by atoms with Gasteiger partial charge >= 0.3 is 5.97 Å². The molecule has 1 fully saturated rings. The maximum absolute atomic E-state index is 11.1. The number of nitrogens with zero attached hydrogens (tertiary/aromatic N) is 3. The van der Waals surface area contributed by atoms with Crippen molar-refractivity contribution in [3.8, 4) is 0 Å². The van der Waals surface area contributed by atoms with E-state index in [0.29, 0.717) is 17.5 Å². The first kappa shape index (κ1) is 14.1. The summed E-state index contributed by atoms with van der Waals surface area (Å²) in [6.07, 6.45) is 3.02. The molecule has 1 aromatic carbocycles. The third kappa shape index (κ3) is 2.78. The number of likely N-dealkylation sites (tertiary alicyclic amines) is 1. The minimum Gasteiger partial charge on any atom is -0.478 e. The van der Waals surface area contributed by atoms with Crippen molar-refractivity contribution in [1.82, 2.24) is 14.5 Å². The first-order valence-electron chi connectivity index (χ1n) is 7.47. The van der Waals surface area contributed by atoms with Crippen molar-refractivity contribution in [2.45, 2.75) is 32.9 Å². The first-order chi connectivity index (χ1) is 10.0. The number of fused-ring (bicyclic) bond motifs is 1. The molecule has 1 unspecified atom stereocenters. The lowest BCUT2D eigenvalue weighted by Crippen LogP contribution is -2.28. The van der Waals surface area contributed by atoms with Crippen LogP contribution >= 0.6 is 0 Å². The van der Waals surface area contributed by atoms with Crippen LogP contribution in [0.1, 0.15) is 30.6 Å². The van der Waals surface area contributed by atoms with Gasteiger partial charge in [-0.3, -0.25) is 0 Å². The van der Waals surface area contributed by atoms with Gasteiger partial charge in [0.25, 0.3) is 0 Å². The Bertz CT molecular complexity index is 663. The second-order valence-corrected chi connectivity index (χ2v) is 6.15. The molecule has 1 N–H and O–H groups in total. The smallest absolute Gasteiger partial charge is 0.335 e. The predicted molar refractivity (Wildman–Crippen MR) is 81.5 cm³/mol. The van der Waals surface area contributed by atoms with Gasteiger partial charge in [-0.1, -0.05) is 0 Å². The minimum absolute atomic E-state index is 0.319. The fraction of sp³-hybridized carbons (Fsp3) is 0.500. The minimum atomic E-state index is -0.892. The van der Waals surface area contributed by atoms with Crippen molar-refractivity contribution < 1.29 is 9.90 Å². The monoisotopic (exact) mass is 287 g/mol. The molecule has 112 valence electrons. The number of benzene rings is 1. The van der Waals surface area contributed by atoms with Crippen LogP contribution in [-0.4, -0.2) is 44.7 Å². The van der Waals surface area contributed by atoms with Gasteiger partial charge in [-0.2, -0.15) is 0 Å². The second-order valence-electron chi connectivity index (χ2n) is 6.15. The van der Waals surface area contributed by atoms with Gasteiger partial charge in [-0.15, -0.1) is 0 Å². The Balaban J connectivity index is 1.81. The van der Waals surface area contributed by atoms with Crippen LogP contribution in [0.15, 0.2) is 24.5 Å². The molecule has 0 aliphatic carbocycles. The zero-order chi connectivity index (χ0) is 15.0. The summed E-state index contributed by atoms with van der Waals surface area (Å²) in [4.78, 5) is 18.0. The van der Waals surface area contributed by atoms with E-state index in [9.17, 15) is 4.79 Å². The third-order valence-corrected chi connectivity index (χ3v) is 4.37. The number of hydrogen-bond donors (Lipinski definition) is 1. The third-order valence-electron chi connectivity index (χ3n) is 4.37. The van der Waals surface area contributed by atoms with E-state index in [0.717, 1.165) is 30.7 Å². The summed E-state index contributed by atoms with van der Waals surface area (Å²) in [7, 11) is 0. The number of carboxylic acid groups (broad SMARTS) is 1. The zero-order valence-corrected chi connectivity index (χ0v) is 12.5. The quantitative estimate of drug-likeness (QED) is 0.938. The van der Waals surface area contributed by atoms with Crippen LogP contribution in [-0.2, 0) is 6.54 Å². The molecule has 1 aliphatic rings. The molecule has 0 bridgehead atoms. The molecule has 1 saturated heterocycles. The SMILES string of the molecule is CC(C)N1CCC(Cn2cnc3ccc(C(=O)O)cc32)C1. The summed E-state index contributed by atoms with van der Waals surface area (Å²) in [5.74, 6) is -0.283. The van der Waals surface area contributed by atoms with Crippen molar-refractivity contribution >= 4 is 17.0 Å². The van der Waals surface area contributed by atoms with Gasteiger partial charge in [0, 0.05) is 19.1 Å². The summed E-state index contributed by atoms with van der Waals surface area (Å²) in [5, 5.41) is 9.12. The second kappa shape index (κ2) is 5.48. The Morgan fingerprint density at radius 2 is 2.29 bits per heavy atom. The summed E-state index contributed by atoms with van der Waals surface area (Å²) >= 11 is 0. The molecule has 0 amide bonds. The van der Waals surface area contributed by atoms with E-state index in [1.165, 1.54) is 6.42 Å². The molecule has 5 nitrogen and oxygen atoms in total. The van der Waals surface area contributed by atoms with E-state index >= 15 is 0 Å². The van der Waals surface area contributed by atoms with Crippen LogP contribution in [0.4, 0.5) is 0 Å². The van der Waals surface area contributed by atoms with Crippen molar-refractivity contribution in [3.05, 3.63) is 30.1 Å². The lowest BCUT2D eigenvalue weighted by Gasteiger charge is -2.20. The van der Waals surface area contributed by atoms with Crippen LogP contribution in [0, 0.1) is 5.92 Å². The van der Waals surface area contributed by atoms with Crippen molar-refractivity contribution in [3.63, 3.8) is 0 Å². The fourth-order valence-corrected chi connectivity index (χ4v) is 3.09. The molecule has 2 aromatic rings. The van der Waals surface area contributed by atoms with Gasteiger partial charge in [0.2, 0.25) is 0 Å². The number of carboxylic acids is 1. The highest BCUT2D eigenvalue weighted by Gasteiger charge is 2.24. The molecule has 5 heteroatoms. The van der Waals surface area contributed by atoms with E-state index < -0.39 is 5.97 Å². The number of imidazole rings is 1. The number of aromatic carboxylic acids is 1. The first-order valence-corrected chi connectivity index (χ1v) is 7.47.